The fourth-order valence-electron chi connectivity index (χ4n) is 1.64. The summed E-state index contributed by atoms with van der Waals surface area (Å²) in [7, 11) is 1.75. The van der Waals surface area contributed by atoms with Crippen molar-refractivity contribution in [1.29, 1.82) is 0 Å². The maximum Gasteiger partial charge on any atom is 0.0700 e. The molecule has 0 aromatic heterocycles. The summed E-state index contributed by atoms with van der Waals surface area (Å²) < 4.78 is 10.6. The van der Waals surface area contributed by atoms with Crippen LogP contribution in [-0.4, -0.2) is 39.5 Å². The van der Waals surface area contributed by atoms with E-state index in [2.05, 4.69) is 12.2 Å². The van der Waals surface area contributed by atoms with Crippen molar-refractivity contribution in [2.75, 3.05) is 33.4 Å². The highest BCUT2D eigenvalue weighted by Gasteiger charge is 2.14. The van der Waals surface area contributed by atoms with E-state index in [0.29, 0.717) is 12.0 Å². The predicted octanol–water partition coefficient (Wildman–Crippen LogP) is 1.04. The molecular weight excluding hydrogens is 166 g/mol. The molecule has 2 unspecified atom stereocenters. The molecule has 1 heterocycles. The Kier molecular flexibility index (Phi) is 5.35. The van der Waals surface area contributed by atoms with E-state index in [1.807, 2.05) is 0 Å². The number of ether oxygens (including phenoxy) is 2. The van der Waals surface area contributed by atoms with Gasteiger partial charge in [-0.2, -0.15) is 0 Å². The lowest BCUT2D eigenvalue weighted by Gasteiger charge is -2.14. The monoisotopic (exact) mass is 187 g/mol. The van der Waals surface area contributed by atoms with Gasteiger partial charge in [0, 0.05) is 26.9 Å². The second-order valence-corrected chi connectivity index (χ2v) is 3.85. The van der Waals surface area contributed by atoms with Crippen LogP contribution in [0.1, 0.15) is 19.8 Å². The number of rotatable bonds is 6. The van der Waals surface area contributed by atoms with Crippen LogP contribution >= 0.6 is 0 Å². The molecule has 1 aliphatic heterocycles. The van der Waals surface area contributed by atoms with Crippen molar-refractivity contribution in [1.82, 2.24) is 5.32 Å². The largest absolute Gasteiger partial charge is 0.384 e. The van der Waals surface area contributed by atoms with E-state index in [4.69, 9.17) is 9.47 Å². The minimum Gasteiger partial charge on any atom is -0.384 e. The third-order valence-electron chi connectivity index (χ3n) is 2.34. The van der Waals surface area contributed by atoms with Crippen LogP contribution in [0.2, 0.25) is 0 Å². The highest BCUT2D eigenvalue weighted by Crippen LogP contribution is 2.10. The molecule has 0 aliphatic carbocycles. The van der Waals surface area contributed by atoms with Crippen LogP contribution in [0, 0.1) is 5.92 Å². The molecule has 0 aromatic carbocycles. The Morgan fingerprint density at radius 3 is 3.08 bits per heavy atom. The first-order valence-corrected chi connectivity index (χ1v) is 5.14. The molecule has 0 radical (unpaired) electrons. The van der Waals surface area contributed by atoms with E-state index in [-0.39, 0.29) is 0 Å². The molecule has 2 atom stereocenters. The summed E-state index contributed by atoms with van der Waals surface area (Å²) in [4.78, 5) is 0. The summed E-state index contributed by atoms with van der Waals surface area (Å²) in [6.07, 6.45) is 2.89. The highest BCUT2D eigenvalue weighted by atomic mass is 16.5. The van der Waals surface area contributed by atoms with E-state index in [1.54, 1.807) is 7.11 Å². The van der Waals surface area contributed by atoms with E-state index in [1.165, 1.54) is 12.8 Å². The van der Waals surface area contributed by atoms with Gasteiger partial charge in [0.2, 0.25) is 0 Å². The summed E-state index contributed by atoms with van der Waals surface area (Å²) in [6.45, 7) is 5.98. The van der Waals surface area contributed by atoms with Crippen LogP contribution in [0.25, 0.3) is 0 Å². The molecule has 0 saturated carbocycles. The molecule has 78 valence electrons. The smallest absolute Gasteiger partial charge is 0.0700 e. The topological polar surface area (TPSA) is 30.5 Å². The zero-order chi connectivity index (χ0) is 9.52. The van der Waals surface area contributed by atoms with Gasteiger partial charge in [-0.3, -0.25) is 0 Å². The molecular formula is C10H21NO2. The Hall–Kier alpha value is -0.120. The minimum absolute atomic E-state index is 0.453. The van der Waals surface area contributed by atoms with Crippen LogP contribution in [0.15, 0.2) is 0 Å². The Labute approximate surface area is 80.8 Å². The van der Waals surface area contributed by atoms with E-state index < -0.39 is 0 Å². The van der Waals surface area contributed by atoms with Crippen molar-refractivity contribution < 1.29 is 9.47 Å². The van der Waals surface area contributed by atoms with Crippen LogP contribution in [0.3, 0.4) is 0 Å². The average Bonchev–Trinajstić information content (AvgIpc) is 2.57. The summed E-state index contributed by atoms with van der Waals surface area (Å²) in [5.41, 5.74) is 0. The third kappa shape index (κ3) is 4.60. The minimum atomic E-state index is 0.453. The van der Waals surface area contributed by atoms with Gasteiger partial charge in [-0.15, -0.1) is 0 Å². The van der Waals surface area contributed by atoms with Gasteiger partial charge >= 0.3 is 0 Å². The van der Waals surface area contributed by atoms with Gasteiger partial charge in [0.25, 0.3) is 0 Å². The van der Waals surface area contributed by atoms with Gasteiger partial charge < -0.3 is 14.8 Å². The van der Waals surface area contributed by atoms with Crippen LogP contribution in [0.4, 0.5) is 0 Å². The van der Waals surface area contributed by atoms with Crippen molar-refractivity contribution in [2.45, 2.75) is 25.9 Å². The van der Waals surface area contributed by atoms with Gasteiger partial charge in [-0.1, -0.05) is 6.92 Å². The fraction of sp³-hybridized carbons (Fsp3) is 1.00. The first kappa shape index (κ1) is 11.0. The van der Waals surface area contributed by atoms with Crippen LogP contribution in [0.5, 0.6) is 0 Å². The van der Waals surface area contributed by atoms with E-state index >= 15 is 0 Å². The lowest BCUT2D eigenvalue weighted by atomic mass is 10.2. The second kappa shape index (κ2) is 6.35. The van der Waals surface area contributed by atoms with Crippen LogP contribution < -0.4 is 5.32 Å². The van der Waals surface area contributed by atoms with Crippen molar-refractivity contribution >= 4 is 0 Å². The number of hydrogen-bond acceptors (Lipinski definition) is 3. The molecule has 1 N–H and O–H groups in total. The van der Waals surface area contributed by atoms with Crippen molar-refractivity contribution in [3.05, 3.63) is 0 Å². The second-order valence-electron chi connectivity index (χ2n) is 3.85. The zero-order valence-corrected chi connectivity index (χ0v) is 8.71. The molecule has 0 amide bonds. The lowest BCUT2D eigenvalue weighted by molar-refractivity contribution is 0.106. The SMILES string of the molecule is COCC(C)CNCC1CCCO1. The number of nitrogens with one attached hydrogen (secondary N) is 1. The molecule has 0 aromatic rings. The van der Waals surface area contributed by atoms with Crippen LogP contribution in [-0.2, 0) is 9.47 Å². The number of hydrogen-bond donors (Lipinski definition) is 1. The van der Waals surface area contributed by atoms with Crippen molar-refractivity contribution in [3.8, 4) is 0 Å². The summed E-state index contributed by atoms with van der Waals surface area (Å²) >= 11 is 0. The summed E-state index contributed by atoms with van der Waals surface area (Å²) in [6, 6.07) is 0. The molecule has 1 fully saturated rings. The Morgan fingerprint density at radius 2 is 2.46 bits per heavy atom. The Morgan fingerprint density at radius 1 is 1.62 bits per heavy atom. The molecule has 0 bridgehead atoms. The summed E-state index contributed by atoms with van der Waals surface area (Å²) in [5.74, 6) is 0.589. The van der Waals surface area contributed by atoms with Crippen molar-refractivity contribution in [3.63, 3.8) is 0 Å². The molecule has 3 nitrogen and oxygen atoms in total. The van der Waals surface area contributed by atoms with Gasteiger partial charge in [-0.05, 0) is 25.3 Å². The van der Waals surface area contributed by atoms with E-state index in [9.17, 15) is 0 Å². The maximum atomic E-state index is 5.50. The fourth-order valence-corrected chi connectivity index (χ4v) is 1.64. The highest BCUT2D eigenvalue weighted by molar-refractivity contribution is 4.68. The van der Waals surface area contributed by atoms with Crippen molar-refractivity contribution in [2.24, 2.45) is 5.92 Å². The molecule has 3 heteroatoms. The quantitative estimate of drug-likeness (QED) is 0.674. The molecule has 1 aliphatic rings. The Bertz CT molecular complexity index is 124. The molecule has 13 heavy (non-hydrogen) atoms. The molecule has 1 saturated heterocycles. The Balaban J connectivity index is 1.93. The molecule has 1 rings (SSSR count). The van der Waals surface area contributed by atoms with Gasteiger partial charge in [-0.25, -0.2) is 0 Å². The first-order valence-electron chi connectivity index (χ1n) is 5.14. The first-order chi connectivity index (χ1) is 6.33. The average molecular weight is 187 g/mol. The lowest BCUT2D eigenvalue weighted by Crippen LogP contribution is -2.31. The van der Waals surface area contributed by atoms with Gasteiger partial charge in [0.15, 0.2) is 0 Å². The molecule has 0 spiro atoms. The van der Waals surface area contributed by atoms with E-state index in [0.717, 1.165) is 26.3 Å². The standard InChI is InChI=1S/C10H21NO2/c1-9(8-12-2)6-11-7-10-4-3-5-13-10/h9-11H,3-8H2,1-2H3. The number of methoxy groups -OCH3 is 1. The normalized spacial score (nSPS) is 24.9. The summed E-state index contributed by atoms with van der Waals surface area (Å²) in [5, 5.41) is 3.41. The zero-order valence-electron chi connectivity index (χ0n) is 8.71. The third-order valence-corrected chi connectivity index (χ3v) is 2.34. The predicted molar refractivity (Wildman–Crippen MR) is 52.9 cm³/mol. The van der Waals surface area contributed by atoms with Gasteiger partial charge in [0.05, 0.1) is 6.10 Å². The maximum absolute atomic E-state index is 5.50. The van der Waals surface area contributed by atoms with Gasteiger partial charge in [0.1, 0.15) is 0 Å².